The average Bonchev–Trinajstić information content (AvgIpc) is 2.94. The van der Waals surface area contributed by atoms with Gasteiger partial charge in [0, 0.05) is 24.3 Å². The molecule has 0 radical (unpaired) electrons. The summed E-state index contributed by atoms with van der Waals surface area (Å²) in [4.78, 5) is 54.3. The van der Waals surface area contributed by atoms with Crippen LogP contribution in [0.3, 0.4) is 0 Å². The summed E-state index contributed by atoms with van der Waals surface area (Å²) in [6, 6.07) is 0. The highest BCUT2D eigenvalue weighted by molar-refractivity contribution is 6.12. The van der Waals surface area contributed by atoms with Crippen molar-refractivity contribution >= 4 is 23.6 Å². The summed E-state index contributed by atoms with van der Waals surface area (Å²) in [6.45, 7) is 0.228. The molecule has 0 spiro atoms. The summed E-state index contributed by atoms with van der Waals surface area (Å²) in [5.74, 6) is -2.16. The average molecular weight is 296 g/mol. The summed E-state index contributed by atoms with van der Waals surface area (Å²) in [7, 11) is 0. The van der Waals surface area contributed by atoms with Crippen molar-refractivity contribution in [2.45, 2.75) is 0 Å². The van der Waals surface area contributed by atoms with E-state index in [0.29, 0.717) is 10.1 Å². The number of nitrogens with zero attached hydrogens (tertiary/aromatic N) is 2. The molecule has 112 valence electrons. The molecule has 21 heavy (non-hydrogen) atoms. The van der Waals surface area contributed by atoms with Gasteiger partial charge < -0.3 is 4.74 Å². The predicted molar refractivity (Wildman–Crippen MR) is 64.7 cm³/mol. The number of amides is 4. The Kier molecular flexibility index (Phi) is 4.93. The Hall–Kier alpha value is -2.36. The van der Waals surface area contributed by atoms with Crippen LogP contribution in [0.2, 0.25) is 0 Å². The van der Waals surface area contributed by atoms with Gasteiger partial charge in [0.05, 0.1) is 26.4 Å². The number of hydroxylamine groups is 4. The third kappa shape index (κ3) is 3.81. The summed E-state index contributed by atoms with van der Waals surface area (Å²) in [5, 5.41) is 1.26. The molecule has 0 atom stereocenters. The van der Waals surface area contributed by atoms with Crippen molar-refractivity contribution in [2.75, 3.05) is 26.4 Å². The number of carbonyl (C=O) groups excluding carboxylic acids is 4. The lowest BCUT2D eigenvalue weighted by Crippen LogP contribution is -2.32. The van der Waals surface area contributed by atoms with E-state index in [1.165, 1.54) is 0 Å². The number of imide groups is 2. The number of carbonyl (C=O) groups is 4. The van der Waals surface area contributed by atoms with Crippen LogP contribution in [-0.2, 0) is 33.6 Å². The van der Waals surface area contributed by atoms with E-state index in [0.717, 1.165) is 24.3 Å². The van der Waals surface area contributed by atoms with E-state index < -0.39 is 23.6 Å². The van der Waals surface area contributed by atoms with E-state index in [1.807, 2.05) is 0 Å². The van der Waals surface area contributed by atoms with Crippen molar-refractivity contribution in [1.82, 2.24) is 10.1 Å². The maximum atomic E-state index is 11.1. The van der Waals surface area contributed by atoms with Gasteiger partial charge in [0.15, 0.2) is 0 Å². The molecule has 0 bridgehead atoms. The molecule has 0 aromatic rings. The largest absolute Gasteiger partial charge is 0.376 e. The third-order valence-electron chi connectivity index (χ3n) is 2.43. The zero-order valence-electron chi connectivity index (χ0n) is 10.9. The minimum Gasteiger partial charge on any atom is -0.376 e. The molecule has 0 N–H and O–H groups in total. The fraction of sp³-hybridized carbons (Fsp3) is 0.333. The lowest BCUT2D eigenvalue weighted by molar-refractivity contribution is -0.193. The normalized spacial score (nSPS) is 17.7. The maximum Gasteiger partial charge on any atom is 0.277 e. The smallest absolute Gasteiger partial charge is 0.277 e. The van der Waals surface area contributed by atoms with Gasteiger partial charge >= 0.3 is 0 Å². The second-order valence-corrected chi connectivity index (χ2v) is 3.89. The standard InChI is InChI=1S/C12H12N2O7/c15-9-1-2-10(16)13(9)20-7-5-19-6-8-21-14-11(17)3-4-12(14)18/h1-4H,5-8H2. The molecule has 2 aliphatic heterocycles. The van der Waals surface area contributed by atoms with Crippen LogP contribution < -0.4 is 0 Å². The Bertz CT molecular complexity index is 444. The van der Waals surface area contributed by atoms with Gasteiger partial charge in [-0.1, -0.05) is 0 Å². The van der Waals surface area contributed by atoms with Crippen LogP contribution in [-0.4, -0.2) is 60.2 Å². The van der Waals surface area contributed by atoms with Gasteiger partial charge in [-0.2, -0.15) is 0 Å². The molecule has 9 heteroatoms. The Morgan fingerprint density at radius 3 is 1.29 bits per heavy atom. The Balaban J connectivity index is 1.51. The van der Waals surface area contributed by atoms with Crippen molar-refractivity contribution in [3.63, 3.8) is 0 Å². The van der Waals surface area contributed by atoms with Crippen LogP contribution >= 0.6 is 0 Å². The zero-order chi connectivity index (χ0) is 15.2. The topological polar surface area (TPSA) is 102 Å². The SMILES string of the molecule is O=C1C=CC(=O)N1OCCOCCON1C(=O)C=CC1=O. The first-order valence-electron chi connectivity index (χ1n) is 6.05. The van der Waals surface area contributed by atoms with Crippen LogP contribution in [0.15, 0.2) is 24.3 Å². The van der Waals surface area contributed by atoms with Gasteiger partial charge in [0.2, 0.25) is 0 Å². The van der Waals surface area contributed by atoms with Gasteiger partial charge in [0.25, 0.3) is 23.6 Å². The molecule has 0 aromatic carbocycles. The molecule has 0 saturated carbocycles. The fourth-order valence-corrected chi connectivity index (χ4v) is 1.50. The summed E-state index contributed by atoms with van der Waals surface area (Å²) >= 11 is 0. The first kappa shape index (κ1) is 15.0. The van der Waals surface area contributed by atoms with Crippen molar-refractivity contribution in [3.05, 3.63) is 24.3 Å². The van der Waals surface area contributed by atoms with E-state index in [9.17, 15) is 19.2 Å². The minimum absolute atomic E-state index is 0.00227. The zero-order valence-corrected chi connectivity index (χ0v) is 10.9. The van der Waals surface area contributed by atoms with E-state index in [1.54, 1.807) is 0 Å². The second kappa shape index (κ2) is 6.88. The minimum atomic E-state index is -0.540. The maximum absolute atomic E-state index is 11.1. The molecule has 2 heterocycles. The molecular formula is C12H12N2O7. The van der Waals surface area contributed by atoms with Crippen LogP contribution in [0.5, 0.6) is 0 Å². The Labute approximate surface area is 119 Å². The first-order valence-corrected chi connectivity index (χ1v) is 6.05. The summed E-state index contributed by atoms with van der Waals surface area (Å²) in [5.41, 5.74) is 0. The molecule has 2 aliphatic rings. The van der Waals surface area contributed by atoms with Gasteiger partial charge in [-0.05, 0) is 0 Å². The summed E-state index contributed by atoms with van der Waals surface area (Å²) < 4.78 is 5.10. The summed E-state index contributed by atoms with van der Waals surface area (Å²) in [6.07, 6.45) is 4.43. The first-order chi connectivity index (χ1) is 10.1. The van der Waals surface area contributed by atoms with Crippen LogP contribution in [0.25, 0.3) is 0 Å². The number of hydrogen-bond donors (Lipinski definition) is 0. The molecule has 0 aromatic heterocycles. The van der Waals surface area contributed by atoms with E-state index in [4.69, 9.17) is 14.4 Å². The predicted octanol–water partition coefficient (Wildman–Crippen LogP) is -1.28. The molecule has 0 aliphatic carbocycles. The van der Waals surface area contributed by atoms with Crippen LogP contribution in [0.1, 0.15) is 0 Å². The highest BCUT2D eigenvalue weighted by Crippen LogP contribution is 2.04. The number of ether oxygens (including phenoxy) is 1. The van der Waals surface area contributed by atoms with Crippen LogP contribution in [0, 0.1) is 0 Å². The monoisotopic (exact) mass is 296 g/mol. The molecule has 0 fully saturated rings. The van der Waals surface area contributed by atoms with Gasteiger partial charge in [-0.15, -0.1) is 10.1 Å². The lowest BCUT2D eigenvalue weighted by Gasteiger charge is -2.14. The lowest BCUT2D eigenvalue weighted by atomic mass is 10.6. The Morgan fingerprint density at radius 1 is 0.619 bits per heavy atom. The fourth-order valence-electron chi connectivity index (χ4n) is 1.50. The van der Waals surface area contributed by atoms with Crippen molar-refractivity contribution in [3.8, 4) is 0 Å². The Morgan fingerprint density at radius 2 is 0.952 bits per heavy atom. The van der Waals surface area contributed by atoms with E-state index in [-0.39, 0.29) is 26.4 Å². The highest BCUT2D eigenvalue weighted by Gasteiger charge is 2.25. The third-order valence-corrected chi connectivity index (χ3v) is 2.43. The van der Waals surface area contributed by atoms with Crippen molar-refractivity contribution in [2.24, 2.45) is 0 Å². The molecule has 4 amide bonds. The quantitative estimate of drug-likeness (QED) is 0.406. The van der Waals surface area contributed by atoms with Crippen molar-refractivity contribution in [1.29, 1.82) is 0 Å². The highest BCUT2D eigenvalue weighted by atomic mass is 16.7. The van der Waals surface area contributed by atoms with E-state index >= 15 is 0 Å². The van der Waals surface area contributed by atoms with E-state index in [2.05, 4.69) is 0 Å². The number of rotatable bonds is 8. The van der Waals surface area contributed by atoms with Crippen LogP contribution in [0.4, 0.5) is 0 Å². The van der Waals surface area contributed by atoms with Crippen molar-refractivity contribution < 1.29 is 33.6 Å². The molecule has 9 nitrogen and oxygen atoms in total. The van der Waals surface area contributed by atoms with Gasteiger partial charge in [0.1, 0.15) is 0 Å². The van der Waals surface area contributed by atoms with Gasteiger partial charge in [-0.25, -0.2) is 0 Å². The van der Waals surface area contributed by atoms with Gasteiger partial charge in [-0.3, -0.25) is 28.9 Å². The number of hydrogen-bond acceptors (Lipinski definition) is 7. The molecule has 0 unspecified atom stereocenters. The second-order valence-electron chi connectivity index (χ2n) is 3.89. The molecular weight excluding hydrogens is 284 g/mol. The molecule has 0 saturated heterocycles. The molecule has 2 rings (SSSR count).